The van der Waals surface area contributed by atoms with Gasteiger partial charge in [0.15, 0.2) is 0 Å². The lowest BCUT2D eigenvalue weighted by molar-refractivity contribution is -0.849. The molecule has 0 aromatic rings. The zero-order valence-electron chi connectivity index (χ0n) is 4.86. The molecular weight excluding hydrogens is 94.1 g/mol. The van der Waals surface area contributed by atoms with Crippen molar-refractivity contribution in [3.63, 3.8) is 0 Å². The van der Waals surface area contributed by atoms with Gasteiger partial charge in [0, 0.05) is 0 Å². The standard InChI is InChI=1S/C4H12N.S/c1-5(2,3)4;/h1-4H3;/q+1;-2. The van der Waals surface area contributed by atoms with Gasteiger partial charge in [-0.25, -0.2) is 0 Å². The average Bonchev–Trinajstić information content (AvgIpc) is 0.722. The summed E-state index contributed by atoms with van der Waals surface area (Å²) in [6, 6.07) is 0. The second kappa shape index (κ2) is 2.48. The van der Waals surface area contributed by atoms with Gasteiger partial charge in [-0.1, -0.05) is 0 Å². The maximum atomic E-state index is 2.12. The molecule has 0 atom stereocenters. The molecule has 0 saturated heterocycles. The highest BCUT2D eigenvalue weighted by Gasteiger charge is 1.88. The van der Waals surface area contributed by atoms with Crippen LogP contribution in [0.25, 0.3) is 0 Å². The summed E-state index contributed by atoms with van der Waals surface area (Å²) in [5.74, 6) is 0. The van der Waals surface area contributed by atoms with E-state index in [1.54, 1.807) is 0 Å². The Kier molecular flexibility index (Phi) is 3.95. The summed E-state index contributed by atoms with van der Waals surface area (Å²) >= 11 is 0. The Bertz CT molecular complexity index is 23.0. The Morgan fingerprint density at radius 2 is 0.833 bits per heavy atom. The predicted octanol–water partition coefficient (Wildman–Crippen LogP) is 0.320. The number of rotatable bonds is 0. The fraction of sp³-hybridized carbons (Fsp3) is 1.00. The van der Waals surface area contributed by atoms with Crippen LogP contribution < -0.4 is 0 Å². The zero-order chi connectivity index (χ0) is 4.50. The van der Waals surface area contributed by atoms with Crippen LogP contribution in [-0.4, -0.2) is 32.7 Å². The Morgan fingerprint density at radius 1 is 0.833 bits per heavy atom. The molecule has 0 aliphatic rings. The molecule has 0 saturated carbocycles. The highest BCUT2D eigenvalue weighted by Crippen LogP contribution is 1.73. The van der Waals surface area contributed by atoms with Crippen LogP contribution in [0.15, 0.2) is 0 Å². The number of hydrogen-bond donors (Lipinski definition) is 0. The Hall–Kier alpha value is 0.310. The molecule has 0 aromatic heterocycles. The van der Waals surface area contributed by atoms with Gasteiger partial charge in [-0.05, 0) is 0 Å². The normalized spacial score (nSPS) is 10.0. The van der Waals surface area contributed by atoms with E-state index in [0.29, 0.717) is 0 Å². The first-order valence-electron chi connectivity index (χ1n) is 1.79. The smallest absolute Gasteiger partial charge is 0.0675 e. The first-order chi connectivity index (χ1) is 2.00. The van der Waals surface area contributed by atoms with E-state index in [-0.39, 0.29) is 13.5 Å². The molecule has 0 radical (unpaired) electrons. The minimum Gasteiger partial charge on any atom is -2.00 e. The van der Waals surface area contributed by atoms with Crippen molar-refractivity contribution in [3.8, 4) is 0 Å². The van der Waals surface area contributed by atoms with Gasteiger partial charge >= 0.3 is 0 Å². The van der Waals surface area contributed by atoms with E-state index >= 15 is 0 Å². The fourth-order valence-electron chi connectivity index (χ4n) is 0. The largest absolute Gasteiger partial charge is 2.00 e. The van der Waals surface area contributed by atoms with E-state index in [4.69, 9.17) is 0 Å². The van der Waals surface area contributed by atoms with Crippen molar-refractivity contribution in [3.05, 3.63) is 0 Å². The molecule has 0 aliphatic heterocycles. The van der Waals surface area contributed by atoms with E-state index in [9.17, 15) is 0 Å². The molecule has 0 aromatic carbocycles. The van der Waals surface area contributed by atoms with Gasteiger partial charge in [0.25, 0.3) is 0 Å². The Labute approximate surface area is 47.0 Å². The van der Waals surface area contributed by atoms with Crippen LogP contribution in [-0.2, 0) is 13.5 Å². The van der Waals surface area contributed by atoms with Gasteiger partial charge in [-0.2, -0.15) is 0 Å². The summed E-state index contributed by atoms with van der Waals surface area (Å²) in [6.45, 7) is 0. The molecule has 0 unspecified atom stereocenters. The van der Waals surface area contributed by atoms with Crippen molar-refractivity contribution in [2.45, 2.75) is 0 Å². The SMILES string of the molecule is C[N+](C)(C)C.[S-2]. The summed E-state index contributed by atoms with van der Waals surface area (Å²) in [5, 5.41) is 0. The highest BCUT2D eigenvalue weighted by atomic mass is 32.1. The summed E-state index contributed by atoms with van der Waals surface area (Å²) in [5.41, 5.74) is 0. The van der Waals surface area contributed by atoms with Crippen LogP contribution in [0.1, 0.15) is 0 Å². The van der Waals surface area contributed by atoms with E-state index in [0.717, 1.165) is 4.48 Å². The number of nitrogens with zero attached hydrogens (tertiary/aromatic N) is 1. The molecule has 0 fully saturated rings. The molecule has 40 valence electrons. The van der Waals surface area contributed by atoms with Crippen LogP contribution in [0.2, 0.25) is 0 Å². The van der Waals surface area contributed by atoms with Crippen LogP contribution >= 0.6 is 0 Å². The van der Waals surface area contributed by atoms with E-state index < -0.39 is 0 Å². The molecular formula is C4H12NS-. The number of quaternary nitrogens is 1. The lowest BCUT2D eigenvalue weighted by Gasteiger charge is -2.14. The molecule has 0 aliphatic carbocycles. The number of hydrogen-bond acceptors (Lipinski definition) is 0. The molecule has 6 heavy (non-hydrogen) atoms. The topological polar surface area (TPSA) is 0 Å². The minimum absolute atomic E-state index is 0. The van der Waals surface area contributed by atoms with E-state index in [1.807, 2.05) is 0 Å². The summed E-state index contributed by atoms with van der Waals surface area (Å²) < 4.78 is 1.00. The second-order valence-corrected chi connectivity index (χ2v) is 2.68. The quantitative estimate of drug-likeness (QED) is 0.390. The molecule has 2 heteroatoms. The van der Waals surface area contributed by atoms with Crippen molar-refractivity contribution < 1.29 is 4.48 Å². The van der Waals surface area contributed by atoms with Gasteiger partial charge in [-0.3, -0.25) is 0 Å². The first kappa shape index (κ1) is 9.58. The molecule has 0 rings (SSSR count). The van der Waals surface area contributed by atoms with Crippen molar-refractivity contribution >= 4 is 13.5 Å². The third-order valence-corrected chi connectivity index (χ3v) is 0. The monoisotopic (exact) mass is 106 g/mol. The van der Waals surface area contributed by atoms with Gasteiger partial charge in [0.05, 0.1) is 28.2 Å². The lowest BCUT2D eigenvalue weighted by atomic mass is 10.8. The average molecular weight is 106 g/mol. The summed E-state index contributed by atoms with van der Waals surface area (Å²) in [7, 11) is 8.50. The third kappa shape index (κ3) is 491. The van der Waals surface area contributed by atoms with Gasteiger partial charge in [0.2, 0.25) is 0 Å². The lowest BCUT2D eigenvalue weighted by Crippen LogP contribution is -2.27. The van der Waals surface area contributed by atoms with Crippen LogP contribution in [0, 0.1) is 0 Å². The predicted molar refractivity (Wildman–Crippen MR) is 31.3 cm³/mol. The van der Waals surface area contributed by atoms with Crippen molar-refractivity contribution in [2.24, 2.45) is 0 Å². The van der Waals surface area contributed by atoms with E-state index in [1.165, 1.54) is 0 Å². The second-order valence-electron chi connectivity index (χ2n) is 2.68. The fourth-order valence-corrected chi connectivity index (χ4v) is 0. The Morgan fingerprint density at radius 3 is 0.833 bits per heavy atom. The molecule has 0 amide bonds. The van der Waals surface area contributed by atoms with Crippen LogP contribution in [0.5, 0.6) is 0 Å². The van der Waals surface area contributed by atoms with Crippen LogP contribution in [0.4, 0.5) is 0 Å². The van der Waals surface area contributed by atoms with Gasteiger partial charge in [-0.15, -0.1) is 0 Å². The van der Waals surface area contributed by atoms with Crippen molar-refractivity contribution in [1.82, 2.24) is 0 Å². The molecule has 0 spiro atoms. The molecule has 0 bridgehead atoms. The molecule has 1 nitrogen and oxygen atoms in total. The van der Waals surface area contributed by atoms with Crippen molar-refractivity contribution in [2.75, 3.05) is 28.2 Å². The summed E-state index contributed by atoms with van der Waals surface area (Å²) in [4.78, 5) is 0. The summed E-state index contributed by atoms with van der Waals surface area (Å²) in [6.07, 6.45) is 0. The van der Waals surface area contributed by atoms with Gasteiger partial charge < -0.3 is 18.0 Å². The van der Waals surface area contributed by atoms with E-state index in [2.05, 4.69) is 28.2 Å². The maximum Gasteiger partial charge on any atom is 0.0675 e. The highest BCUT2D eigenvalue weighted by molar-refractivity contribution is 7.37. The van der Waals surface area contributed by atoms with Crippen LogP contribution in [0.3, 0.4) is 0 Å². The maximum absolute atomic E-state index is 2.12. The molecule has 0 heterocycles. The third-order valence-electron chi connectivity index (χ3n) is 0. The zero-order valence-corrected chi connectivity index (χ0v) is 5.67. The van der Waals surface area contributed by atoms with Crippen molar-refractivity contribution in [1.29, 1.82) is 0 Å². The molecule has 0 N–H and O–H groups in total. The Balaban J connectivity index is 0. The minimum atomic E-state index is 0. The first-order valence-corrected chi connectivity index (χ1v) is 1.79. The van der Waals surface area contributed by atoms with Gasteiger partial charge in [0.1, 0.15) is 0 Å².